The van der Waals surface area contributed by atoms with Crippen molar-refractivity contribution >= 4 is 21.8 Å². The van der Waals surface area contributed by atoms with Gasteiger partial charge in [0.1, 0.15) is 0 Å². The first kappa shape index (κ1) is 21.5. The lowest BCUT2D eigenvalue weighted by atomic mass is 9.94. The summed E-state index contributed by atoms with van der Waals surface area (Å²) in [7, 11) is 0. The molecule has 2 aromatic rings. The third kappa shape index (κ3) is 5.29. The molecule has 0 saturated carbocycles. The van der Waals surface area contributed by atoms with Crippen LogP contribution in [0, 0.1) is 5.92 Å². The Morgan fingerprint density at radius 3 is 2.47 bits per heavy atom. The molecule has 1 aromatic carbocycles. The van der Waals surface area contributed by atoms with Gasteiger partial charge in [0.25, 0.3) is 0 Å². The average Bonchev–Trinajstić information content (AvgIpc) is 2.77. The maximum absolute atomic E-state index is 13.2. The molecule has 1 amide bonds. The topological polar surface area (TPSA) is 39.7 Å². The van der Waals surface area contributed by atoms with E-state index in [0.717, 1.165) is 63.1 Å². The van der Waals surface area contributed by atoms with Gasteiger partial charge in [-0.25, -0.2) is 0 Å². The SMILES string of the molecule is CC1CN(C(=O)C2CCN(Cc3ccncc3)CC2)CCN1Cc1ccccc1Br. The van der Waals surface area contributed by atoms with E-state index < -0.39 is 0 Å². The van der Waals surface area contributed by atoms with Crippen LogP contribution in [0.5, 0.6) is 0 Å². The van der Waals surface area contributed by atoms with Crippen molar-refractivity contribution in [1.29, 1.82) is 0 Å². The molecule has 0 bridgehead atoms. The lowest BCUT2D eigenvalue weighted by Crippen LogP contribution is -2.55. The van der Waals surface area contributed by atoms with Crippen LogP contribution in [-0.2, 0) is 17.9 Å². The normalized spacial score (nSPS) is 21.7. The van der Waals surface area contributed by atoms with Crippen molar-refractivity contribution in [2.45, 2.75) is 38.9 Å². The van der Waals surface area contributed by atoms with Crippen LogP contribution in [0.4, 0.5) is 0 Å². The number of halogens is 1. The molecule has 1 unspecified atom stereocenters. The Balaban J connectivity index is 1.25. The molecular weight excluding hydrogens is 440 g/mol. The molecule has 4 rings (SSSR count). The molecule has 0 aliphatic carbocycles. The van der Waals surface area contributed by atoms with Crippen molar-refractivity contribution in [2.75, 3.05) is 32.7 Å². The molecule has 6 heteroatoms. The minimum Gasteiger partial charge on any atom is -0.340 e. The van der Waals surface area contributed by atoms with Crippen molar-refractivity contribution in [2.24, 2.45) is 5.92 Å². The van der Waals surface area contributed by atoms with Gasteiger partial charge in [0.05, 0.1) is 0 Å². The number of carbonyl (C=O) groups excluding carboxylic acids is 1. The van der Waals surface area contributed by atoms with Gasteiger partial charge in [-0.05, 0) is 62.2 Å². The molecule has 0 spiro atoms. The Kier molecular flexibility index (Phi) is 7.18. The first-order valence-corrected chi connectivity index (χ1v) is 11.8. The maximum atomic E-state index is 13.2. The fourth-order valence-corrected chi connectivity index (χ4v) is 5.03. The molecule has 2 fully saturated rings. The van der Waals surface area contributed by atoms with E-state index in [0.29, 0.717) is 11.9 Å². The van der Waals surface area contributed by atoms with Crippen LogP contribution in [0.2, 0.25) is 0 Å². The summed E-state index contributed by atoms with van der Waals surface area (Å²) in [5, 5.41) is 0. The van der Waals surface area contributed by atoms with Crippen molar-refractivity contribution in [3.8, 4) is 0 Å². The minimum atomic E-state index is 0.181. The van der Waals surface area contributed by atoms with Crippen LogP contribution < -0.4 is 0 Å². The lowest BCUT2D eigenvalue weighted by Gasteiger charge is -2.42. The highest BCUT2D eigenvalue weighted by Gasteiger charge is 2.32. The molecule has 2 saturated heterocycles. The summed E-state index contributed by atoms with van der Waals surface area (Å²) in [6, 6.07) is 12.9. The molecule has 160 valence electrons. The van der Waals surface area contributed by atoms with Gasteiger partial charge in [-0.15, -0.1) is 0 Å². The largest absolute Gasteiger partial charge is 0.340 e. The Morgan fingerprint density at radius 1 is 1.03 bits per heavy atom. The Morgan fingerprint density at radius 2 is 1.77 bits per heavy atom. The number of benzene rings is 1. The molecule has 2 aliphatic rings. The standard InChI is InChI=1S/C24H31BrN4O/c1-19-16-29(15-14-28(19)18-22-4-2-3-5-23(22)25)24(30)21-8-12-27(13-9-21)17-20-6-10-26-11-7-20/h2-7,10-11,19,21H,8-9,12-18H2,1H3. The molecule has 3 heterocycles. The number of hydrogen-bond acceptors (Lipinski definition) is 4. The maximum Gasteiger partial charge on any atom is 0.225 e. The predicted octanol–water partition coefficient (Wildman–Crippen LogP) is 3.79. The number of piperazine rings is 1. The zero-order chi connectivity index (χ0) is 20.9. The summed E-state index contributed by atoms with van der Waals surface area (Å²) in [5.41, 5.74) is 2.61. The van der Waals surface area contributed by atoms with Gasteiger partial charge >= 0.3 is 0 Å². The number of likely N-dealkylation sites (tertiary alicyclic amines) is 1. The number of rotatable bonds is 5. The highest BCUT2D eigenvalue weighted by molar-refractivity contribution is 9.10. The molecular formula is C24H31BrN4O. The Hall–Kier alpha value is -1.76. The van der Waals surface area contributed by atoms with Crippen LogP contribution in [-0.4, -0.2) is 64.4 Å². The van der Waals surface area contributed by atoms with E-state index in [1.807, 2.05) is 12.4 Å². The van der Waals surface area contributed by atoms with Gasteiger partial charge in [-0.1, -0.05) is 34.1 Å². The van der Waals surface area contributed by atoms with Crippen molar-refractivity contribution in [3.05, 3.63) is 64.4 Å². The van der Waals surface area contributed by atoms with E-state index in [1.165, 1.54) is 11.1 Å². The van der Waals surface area contributed by atoms with E-state index in [1.54, 1.807) is 0 Å². The highest BCUT2D eigenvalue weighted by Crippen LogP contribution is 2.24. The number of aromatic nitrogens is 1. The summed E-state index contributed by atoms with van der Waals surface area (Å²) in [4.78, 5) is 24.3. The molecule has 1 aromatic heterocycles. The zero-order valence-corrected chi connectivity index (χ0v) is 19.3. The molecule has 0 N–H and O–H groups in total. The second-order valence-corrected chi connectivity index (χ2v) is 9.46. The third-order valence-corrected chi connectivity index (χ3v) is 7.27. The monoisotopic (exact) mass is 470 g/mol. The number of carbonyl (C=O) groups is 1. The quantitative estimate of drug-likeness (QED) is 0.666. The van der Waals surface area contributed by atoms with E-state index >= 15 is 0 Å². The highest BCUT2D eigenvalue weighted by atomic mass is 79.9. The van der Waals surface area contributed by atoms with Gasteiger partial charge in [-0.3, -0.25) is 19.6 Å². The van der Waals surface area contributed by atoms with Crippen molar-refractivity contribution in [1.82, 2.24) is 19.7 Å². The van der Waals surface area contributed by atoms with E-state index in [9.17, 15) is 4.79 Å². The summed E-state index contributed by atoms with van der Waals surface area (Å²) in [5.74, 6) is 0.548. The van der Waals surface area contributed by atoms with E-state index in [4.69, 9.17) is 0 Å². The number of amides is 1. The summed E-state index contributed by atoms with van der Waals surface area (Å²) >= 11 is 3.66. The molecule has 2 aliphatic heterocycles. The van der Waals surface area contributed by atoms with Gasteiger partial charge in [0.2, 0.25) is 5.91 Å². The predicted molar refractivity (Wildman–Crippen MR) is 123 cm³/mol. The fraction of sp³-hybridized carbons (Fsp3) is 0.500. The third-order valence-electron chi connectivity index (χ3n) is 6.50. The van der Waals surface area contributed by atoms with Crippen LogP contribution in [0.1, 0.15) is 30.9 Å². The van der Waals surface area contributed by atoms with E-state index in [-0.39, 0.29) is 5.92 Å². The number of piperidine rings is 1. The van der Waals surface area contributed by atoms with Crippen LogP contribution in [0.3, 0.4) is 0 Å². The van der Waals surface area contributed by atoms with Crippen LogP contribution >= 0.6 is 15.9 Å². The van der Waals surface area contributed by atoms with Gasteiger partial charge < -0.3 is 4.90 Å². The smallest absolute Gasteiger partial charge is 0.225 e. The second-order valence-electron chi connectivity index (χ2n) is 8.60. The first-order chi connectivity index (χ1) is 14.6. The van der Waals surface area contributed by atoms with E-state index in [2.05, 4.69) is 78.9 Å². The second kappa shape index (κ2) is 10.0. The van der Waals surface area contributed by atoms with Crippen LogP contribution in [0.25, 0.3) is 0 Å². The van der Waals surface area contributed by atoms with Crippen molar-refractivity contribution in [3.63, 3.8) is 0 Å². The van der Waals surface area contributed by atoms with Crippen LogP contribution in [0.15, 0.2) is 53.3 Å². The summed E-state index contributed by atoms with van der Waals surface area (Å²) in [6.45, 7) is 8.73. The fourth-order valence-electron chi connectivity index (χ4n) is 4.62. The molecule has 1 atom stereocenters. The summed E-state index contributed by atoms with van der Waals surface area (Å²) < 4.78 is 1.16. The molecule has 5 nitrogen and oxygen atoms in total. The number of hydrogen-bond donors (Lipinski definition) is 0. The van der Waals surface area contributed by atoms with Gasteiger partial charge in [-0.2, -0.15) is 0 Å². The van der Waals surface area contributed by atoms with Gasteiger partial charge in [0.15, 0.2) is 0 Å². The number of nitrogens with zero attached hydrogens (tertiary/aromatic N) is 4. The van der Waals surface area contributed by atoms with Crippen molar-refractivity contribution < 1.29 is 4.79 Å². The Labute approximate surface area is 188 Å². The molecule has 30 heavy (non-hydrogen) atoms. The zero-order valence-electron chi connectivity index (χ0n) is 17.7. The molecule has 0 radical (unpaired) electrons. The summed E-state index contributed by atoms with van der Waals surface area (Å²) in [6.07, 6.45) is 5.64. The lowest BCUT2D eigenvalue weighted by molar-refractivity contribution is -0.140. The average molecular weight is 471 g/mol. The first-order valence-electron chi connectivity index (χ1n) is 11.0. The Bertz CT molecular complexity index is 838. The number of pyridine rings is 1. The minimum absolute atomic E-state index is 0.181. The van der Waals surface area contributed by atoms with Gasteiger partial charge in [0, 0.05) is 61.5 Å².